The molecule has 0 saturated heterocycles. The van der Waals surface area contributed by atoms with Gasteiger partial charge in [0.1, 0.15) is 12.2 Å². The topological polar surface area (TPSA) is 22.0 Å². The number of fused-ring (bicyclic) bond motifs is 4. The Kier molecular flexibility index (Phi) is 5.34. The summed E-state index contributed by atoms with van der Waals surface area (Å²) >= 11 is 0. The Morgan fingerprint density at radius 2 is 1.65 bits per heavy atom. The van der Waals surface area contributed by atoms with Gasteiger partial charge in [0.25, 0.3) is 0 Å². The molecule has 31 heavy (non-hydrogen) atoms. The van der Waals surface area contributed by atoms with Gasteiger partial charge in [-0.3, -0.25) is 0 Å². The molecule has 1 unspecified atom stereocenters. The first-order valence-electron chi connectivity index (χ1n) is 10.9. The molecule has 1 atom stereocenters. The number of benzene rings is 3. The molecule has 1 aromatic heterocycles. The van der Waals surface area contributed by atoms with Crippen LogP contribution in [0.4, 0.5) is 5.69 Å². The lowest BCUT2D eigenvalue weighted by Crippen LogP contribution is -3.00. The number of hydrogen-bond acceptors (Lipinski definition) is 1. The van der Waals surface area contributed by atoms with Gasteiger partial charge in [0.2, 0.25) is 12.4 Å². The predicted molar refractivity (Wildman–Crippen MR) is 124 cm³/mol. The molecule has 1 N–H and O–H groups in total. The zero-order valence-corrected chi connectivity index (χ0v) is 19.8. The monoisotopic (exact) mass is 519 g/mol. The molecule has 156 valence electrons. The van der Waals surface area contributed by atoms with E-state index < -0.39 is 0 Å². The summed E-state index contributed by atoms with van der Waals surface area (Å²) in [5.74, 6) is 0.341. The molecule has 3 heterocycles. The van der Waals surface area contributed by atoms with Gasteiger partial charge in [-0.05, 0) is 36.2 Å². The zero-order chi connectivity index (χ0) is 20.1. The Morgan fingerprint density at radius 1 is 0.903 bits per heavy atom. The van der Waals surface area contributed by atoms with Gasteiger partial charge >= 0.3 is 0 Å². The normalized spacial score (nSPS) is 17.8. The van der Waals surface area contributed by atoms with Crippen LogP contribution in [0.25, 0.3) is 10.9 Å². The van der Waals surface area contributed by atoms with Gasteiger partial charge in [-0.25, -0.2) is 4.58 Å². The number of H-pyrrole nitrogens is 1. The van der Waals surface area contributed by atoms with Crippen LogP contribution in [-0.4, -0.2) is 35.0 Å². The summed E-state index contributed by atoms with van der Waals surface area (Å²) < 4.78 is 2.60. The molecule has 4 aromatic rings. The highest BCUT2D eigenvalue weighted by atomic mass is 127. The van der Waals surface area contributed by atoms with Gasteiger partial charge in [0.05, 0.1) is 5.92 Å². The summed E-state index contributed by atoms with van der Waals surface area (Å²) in [4.78, 5) is 6.32. The molecule has 0 spiro atoms. The molecule has 0 radical (unpaired) electrons. The Hall–Kier alpha value is -2.60. The summed E-state index contributed by atoms with van der Waals surface area (Å²) in [5, 5.41) is 1.38. The third-order valence-electron chi connectivity index (χ3n) is 6.72. The highest BCUT2D eigenvalue weighted by Crippen LogP contribution is 2.34. The van der Waals surface area contributed by atoms with Crippen molar-refractivity contribution in [3.8, 4) is 0 Å². The minimum Gasteiger partial charge on any atom is -1.00 e. The summed E-state index contributed by atoms with van der Waals surface area (Å²) in [6.45, 7) is 5.15. The second-order valence-electron chi connectivity index (χ2n) is 8.59. The standard InChI is InChI=1S/C27H25N3.HI/c1-19-11-13-21(14-12-19)30-17-24(20-7-3-2-4-8-20)27-26-23(15-16-29(27)18-30)22-9-5-6-10-25(22)28-26;/h2-14,24H,15-18H2,1H3;1H. The van der Waals surface area contributed by atoms with Crippen molar-refractivity contribution in [1.82, 2.24) is 4.98 Å². The van der Waals surface area contributed by atoms with Gasteiger partial charge in [0, 0.05) is 29.6 Å². The molecular formula is C27H26IN3. The third kappa shape index (κ3) is 3.47. The Morgan fingerprint density at radius 3 is 2.45 bits per heavy atom. The van der Waals surface area contributed by atoms with E-state index in [4.69, 9.17) is 0 Å². The third-order valence-corrected chi connectivity index (χ3v) is 6.72. The maximum absolute atomic E-state index is 3.78. The second kappa shape index (κ2) is 8.15. The number of aromatic nitrogens is 1. The van der Waals surface area contributed by atoms with Crippen LogP contribution >= 0.6 is 0 Å². The maximum Gasteiger partial charge on any atom is 0.219 e. The van der Waals surface area contributed by atoms with Crippen LogP contribution in [0.1, 0.15) is 28.3 Å². The van der Waals surface area contributed by atoms with Crippen LogP contribution < -0.4 is 28.9 Å². The van der Waals surface area contributed by atoms with Crippen LogP contribution in [0.3, 0.4) is 0 Å². The lowest BCUT2D eigenvalue weighted by atomic mass is 9.86. The highest BCUT2D eigenvalue weighted by molar-refractivity contribution is 6.07. The summed E-state index contributed by atoms with van der Waals surface area (Å²) in [6.07, 6.45) is 1.09. The zero-order valence-electron chi connectivity index (χ0n) is 17.7. The molecule has 0 bridgehead atoms. The number of nitrogens with one attached hydrogen (secondary N) is 1. The Bertz CT molecular complexity index is 1250. The van der Waals surface area contributed by atoms with E-state index in [-0.39, 0.29) is 24.0 Å². The number of aryl methyl sites for hydroxylation is 1. The molecule has 0 saturated carbocycles. The summed E-state index contributed by atoms with van der Waals surface area (Å²) in [7, 11) is 0. The molecule has 0 aliphatic carbocycles. The largest absolute Gasteiger partial charge is 1.00 e. The molecule has 6 rings (SSSR count). The van der Waals surface area contributed by atoms with Crippen molar-refractivity contribution in [3.05, 3.63) is 101 Å². The number of rotatable bonds is 2. The lowest BCUT2D eigenvalue weighted by Gasteiger charge is -2.35. The fraction of sp³-hybridized carbons (Fsp3) is 0.222. The van der Waals surface area contributed by atoms with E-state index in [9.17, 15) is 0 Å². The Labute approximate surface area is 200 Å². The van der Waals surface area contributed by atoms with Crippen LogP contribution in [0.15, 0.2) is 78.9 Å². The molecule has 2 aliphatic rings. The van der Waals surface area contributed by atoms with E-state index in [0.717, 1.165) is 26.2 Å². The number of para-hydroxylation sites is 1. The van der Waals surface area contributed by atoms with Crippen molar-refractivity contribution in [1.29, 1.82) is 0 Å². The van der Waals surface area contributed by atoms with Crippen molar-refractivity contribution in [2.75, 3.05) is 24.7 Å². The number of hydrogen-bond donors (Lipinski definition) is 1. The first kappa shape index (κ1) is 20.3. The summed E-state index contributed by atoms with van der Waals surface area (Å²) in [6, 6.07) is 28.7. The van der Waals surface area contributed by atoms with Gasteiger partial charge < -0.3 is 33.9 Å². The molecule has 2 aliphatic heterocycles. The van der Waals surface area contributed by atoms with Gasteiger partial charge in [0.15, 0.2) is 0 Å². The Balaban J connectivity index is 0.00000204. The fourth-order valence-electron chi connectivity index (χ4n) is 5.21. The quantitative estimate of drug-likeness (QED) is 0.318. The van der Waals surface area contributed by atoms with Gasteiger partial charge in [-0.2, -0.15) is 0 Å². The van der Waals surface area contributed by atoms with E-state index in [1.54, 1.807) is 0 Å². The van der Waals surface area contributed by atoms with Crippen LogP contribution in [0.5, 0.6) is 0 Å². The molecule has 3 nitrogen and oxygen atoms in total. The predicted octanol–water partition coefficient (Wildman–Crippen LogP) is 2.10. The van der Waals surface area contributed by atoms with Crippen molar-refractivity contribution >= 4 is 22.3 Å². The van der Waals surface area contributed by atoms with Gasteiger partial charge in [-0.15, -0.1) is 0 Å². The van der Waals surface area contributed by atoms with Crippen LogP contribution in [0, 0.1) is 6.92 Å². The number of aromatic amines is 1. The van der Waals surface area contributed by atoms with Crippen molar-refractivity contribution < 1.29 is 28.6 Å². The van der Waals surface area contributed by atoms with Crippen molar-refractivity contribution in [2.24, 2.45) is 0 Å². The van der Waals surface area contributed by atoms with Crippen molar-refractivity contribution in [2.45, 2.75) is 19.3 Å². The molecule has 0 amide bonds. The maximum atomic E-state index is 3.78. The number of nitrogens with zero attached hydrogens (tertiary/aromatic N) is 2. The fourth-order valence-corrected chi connectivity index (χ4v) is 5.21. The average Bonchev–Trinajstić information content (AvgIpc) is 3.18. The minimum absolute atomic E-state index is 0. The number of anilines is 1. The van der Waals surface area contributed by atoms with E-state index in [1.807, 2.05) is 0 Å². The average molecular weight is 519 g/mol. The molecular weight excluding hydrogens is 493 g/mol. The number of halogens is 1. The smallest absolute Gasteiger partial charge is 0.219 e. The first-order chi connectivity index (χ1) is 14.8. The van der Waals surface area contributed by atoms with Crippen LogP contribution in [-0.2, 0) is 6.42 Å². The van der Waals surface area contributed by atoms with E-state index in [1.165, 1.54) is 44.7 Å². The highest BCUT2D eigenvalue weighted by Gasteiger charge is 2.40. The summed E-state index contributed by atoms with van der Waals surface area (Å²) in [5.41, 5.74) is 9.56. The van der Waals surface area contributed by atoms with E-state index in [0.29, 0.717) is 5.92 Å². The van der Waals surface area contributed by atoms with Crippen molar-refractivity contribution in [3.63, 3.8) is 0 Å². The van der Waals surface area contributed by atoms with E-state index >= 15 is 0 Å². The van der Waals surface area contributed by atoms with Gasteiger partial charge in [-0.1, -0.05) is 66.2 Å². The lowest BCUT2D eigenvalue weighted by molar-refractivity contribution is -0.532. The van der Waals surface area contributed by atoms with Crippen LogP contribution in [0.2, 0.25) is 0 Å². The SMILES string of the molecule is Cc1ccc(N2CC(c3ccccc3)C3=[N+](CCc4c3[nH]c3ccccc43)C2)cc1.[I-]. The van der Waals surface area contributed by atoms with E-state index in [2.05, 4.69) is 100 Å². The minimum atomic E-state index is 0. The first-order valence-corrected chi connectivity index (χ1v) is 10.9. The molecule has 3 aromatic carbocycles. The second-order valence-corrected chi connectivity index (χ2v) is 8.59. The molecule has 0 fully saturated rings. The molecule has 4 heteroatoms.